The summed E-state index contributed by atoms with van der Waals surface area (Å²) in [4.78, 5) is 6.47. The summed E-state index contributed by atoms with van der Waals surface area (Å²) in [5.41, 5.74) is 1.87. The van der Waals surface area contributed by atoms with Gasteiger partial charge in [-0.1, -0.05) is 26.7 Å². The van der Waals surface area contributed by atoms with Gasteiger partial charge in [0, 0.05) is 25.0 Å². The number of ether oxygens (including phenoxy) is 1. The molecule has 2 heterocycles. The van der Waals surface area contributed by atoms with Gasteiger partial charge in [-0.2, -0.15) is 0 Å². The second-order valence-electron chi connectivity index (χ2n) is 5.93. The Morgan fingerprint density at radius 2 is 2.35 bits per heavy atom. The Morgan fingerprint density at radius 3 is 3.10 bits per heavy atom. The van der Waals surface area contributed by atoms with Crippen molar-refractivity contribution in [1.29, 1.82) is 0 Å². The van der Waals surface area contributed by atoms with Crippen LogP contribution in [0, 0.1) is 5.92 Å². The first-order chi connectivity index (χ1) is 9.69. The molecule has 0 aromatic carbocycles. The summed E-state index contributed by atoms with van der Waals surface area (Å²) in [6.07, 6.45) is 5.72. The van der Waals surface area contributed by atoms with Crippen molar-refractivity contribution in [3.8, 4) is 0 Å². The van der Waals surface area contributed by atoms with Crippen molar-refractivity contribution in [2.75, 3.05) is 24.6 Å². The number of aliphatic hydroxyl groups is 1. The highest BCUT2D eigenvalue weighted by Crippen LogP contribution is 2.21. The van der Waals surface area contributed by atoms with Gasteiger partial charge in [0.25, 0.3) is 0 Å². The lowest BCUT2D eigenvalue weighted by Gasteiger charge is -2.34. The molecule has 1 aromatic rings. The third-order valence-corrected chi connectivity index (χ3v) is 3.77. The molecule has 2 rings (SSSR count). The second kappa shape index (κ2) is 7.60. The number of anilines is 1. The van der Waals surface area contributed by atoms with E-state index in [9.17, 15) is 5.11 Å². The third kappa shape index (κ3) is 4.46. The van der Waals surface area contributed by atoms with E-state index in [1.54, 1.807) is 6.20 Å². The molecule has 0 radical (unpaired) electrons. The predicted octanol–water partition coefficient (Wildman–Crippen LogP) is 2.61. The number of hydrogen-bond donors (Lipinski definition) is 1. The average Bonchev–Trinajstić information content (AvgIpc) is 2.47. The molecular weight excluding hydrogens is 252 g/mol. The smallest absolute Gasteiger partial charge is 0.0853 e. The molecule has 20 heavy (non-hydrogen) atoms. The van der Waals surface area contributed by atoms with E-state index in [-0.39, 0.29) is 6.61 Å². The molecule has 4 nitrogen and oxygen atoms in total. The number of aromatic nitrogens is 1. The highest BCUT2D eigenvalue weighted by atomic mass is 16.5. The van der Waals surface area contributed by atoms with Gasteiger partial charge in [-0.3, -0.25) is 4.98 Å². The highest BCUT2D eigenvalue weighted by molar-refractivity contribution is 5.46. The van der Waals surface area contributed by atoms with Crippen molar-refractivity contribution < 1.29 is 9.84 Å². The fraction of sp³-hybridized carbons (Fsp3) is 0.688. The van der Waals surface area contributed by atoms with Gasteiger partial charge in [0.1, 0.15) is 0 Å². The van der Waals surface area contributed by atoms with E-state index in [4.69, 9.17) is 4.74 Å². The largest absolute Gasteiger partial charge is 0.390 e. The molecule has 1 aliphatic rings. The maximum atomic E-state index is 9.17. The van der Waals surface area contributed by atoms with Gasteiger partial charge in [0.2, 0.25) is 0 Å². The Bertz CT molecular complexity index is 409. The van der Waals surface area contributed by atoms with Crippen LogP contribution in [0.2, 0.25) is 0 Å². The maximum absolute atomic E-state index is 9.17. The zero-order chi connectivity index (χ0) is 14.4. The molecule has 1 aromatic heterocycles. The van der Waals surface area contributed by atoms with Crippen LogP contribution in [0.3, 0.4) is 0 Å². The molecule has 112 valence electrons. The van der Waals surface area contributed by atoms with Gasteiger partial charge >= 0.3 is 0 Å². The summed E-state index contributed by atoms with van der Waals surface area (Å²) in [6, 6.07) is 3.98. The molecule has 0 bridgehead atoms. The zero-order valence-electron chi connectivity index (χ0n) is 12.6. The Kier molecular flexibility index (Phi) is 5.80. The van der Waals surface area contributed by atoms with E-state index >= 15 is 0 Å². The summed E-state index contributed by atoms with van der Waals surface area (Å²) in [5.74, 6) is 0.766. The third-order valence-electron chi connectivity index (χ3n) is 3.77. The topological polar surface area (TPSA) is 45.6 Å². The number of hydrogen-bond acceptors (Lipinski definition) is 4. The molecule has 1 fully saturated rings. The van der Waals surface area contributed by atoms with Crippen LogP contribution in [-0.2, 0) is 11.3 Å². The number of pyridine rings is 1. The molecule has 1 atom stereocenters. The van der Waals surface area contributed by atoms with Crippen molar-refractivity contribution in [2.45, 2.75) is 45.8 Å². The fourth-order valence-corrected chi connectivity index (χ4v) is 2.63. The molecule has 1 N–H and O–H groups in total. The van der Waals surface area contributed by atoms with Crippen LogP contribution >= 0.6 is 0 Å². The van der Waals surface area contributed by atoms with Crippen molar-refractivity contribution in [3.63, 3.8) is 0 Å². The first-order valence-electron chi connectivity index (χ1n) is 7.61. The van der Waals surface area contributed by atoms with Gasteiger partial charge < -0.3 is 14.7 Å². The Morgan fingerprint density at radius 1 is 1.50 bits per heavy atom. The Balaban J connectivity index is 1.89. The molecule has 0 unspecified atom stereocenters. The predicted molar refractivity (Wildman–Crippen MR) is 80.8 cm³/mol. The van der Waals surface area contributed by atoms with Crippen LogP contribution in [0.4, 0.5) is 5.69 Å². The molecule has 4 heteroatoms. The van der Waals surface area contributed by atoms with Crippen molar-refractivity contribution in [1.82, 2.24) is 4.98 Å². The minimum absolute atomic E-state index is 0.00397. The highest BCUT2D eigenvalue weighted by Gasteiger charge is 2.20. The number of nitrogens with zero attached hydrogens (tertiary/aromatic N) is 2. The standard InChI is InChI=1S/C16H26N2O2/c1-13(2)4-3-5-16-11-18(8-9-20-16)15-6-7-17-14(10-15)12-19/h6-7,10,13,16,19H,3-5,8-9,11-12H2,1-2H3/t16-/m1/s1. The van der Waals surface area contributed by atoms with Gasteiger partial charge in [0.05, 0.1) is 25.0 Å². The number of morpholine rings is 1. The van der Waals surface area contributed by atoms with Gasteiger partial charge in [-0.05, 0) is 24.5 Å². The van der Waals surface area contributed by atoms with Gasteiger partial charge in [-0.15, -0.1) is 0 Å². The van der Waals surface area contributed by atoms with Crippen LogP contribution in [0.5, 0.6) is 0 Å². The normalized spacial score (nSPS) is 19.6. The van der Waals surface area contributed by atoms with Crippen molar-refractivity contribution >= 4 is 5.69 Å². The van der Waals surface area contributed by atoms with Crippen LogP contribution in [0.1, 0.15) is 38.8 Å². The van der Waals surface area contributed by atoms with Gasteiger partial charge in [0.15, 0.2) is 0 Å². The van der Waals surface area contributed by atoms with E-state index in [1.807, 2.05) is 12.1 Å². The SMILES string of the molecule is CC(C)CCC[C@@H]1CN(c2ccnc(CO)c2)CCO1. The first kappa shape index (κ1) is 15.3. The van der Waals surface area contributed by atoms with Gasteiger partial charge in [-0.25, -0.2) is 0 Å². The molecule has 0 saturated carbocycles. The number of rotatable bonds is 6. The molecule has 1 saturated heterocycles. The van der Waals surface area contributed by atoms with E-state index in [1.165, 1.54) is 12.8 Å². The van der Waals surface area contributed by atoms with E-state index in [0.717, 1.165) is 43.4 Å². The van der Waals surface area contributed by atoms with Crippen LogP contribution in [-0.4, -0.2) is 35.9 Å². The van der Waals surface area contributed by atoms with E-state index in [2.05, 4.69) is 23.7 Å². The fourth-order valence-electron chi connectivity index (χ4n) is 2.63. The molecular formula is C16H26N2O2. The molecule has 0 spiro atoms. The average molecular weight is 278 g/mol. The Labute approximate surface area is 121 Å². The minimum atomic E-state index is -0.00397. The zero-order valence-corrected chi connectivity index (χ0v) is 12.6. The lowest BCUT2D eigenvalue weighted by molar-refractivity contribution is 0.0331. The molecule has 0 amide bonds. The lowest BCUT2D eigenvalue weighted by Crippen LogP contribution is -2.42. The summed E-state index contributed by atoms with van der Waals surface area (Å²) in [7, 11) is 0. The summed E-state index contributed by atoms with van der Waals surface area (Å²) >= 11 is 0. The first-order valence-corrected chi connectivity index (χ1v) is 7.61. The molecule has 0 aliphatic carbocycles. The quantitative estimate of drug-likeness (QED) is 0.869. The maximum Gasteiger partial charge on any atom is 0.0853 e. The lowest BCUT2D eigenvalue weighted by atomic mass is 10.0. The minimum Gasteiger partial charge on any atom is -0.390 e. The second-order valence-corrected chi connectivity index (χ2v) is 5.93. The Hall–Kier alpha value is -1.13. The van der Waals surface area contributed by atoms with Crippen LogP contribution < -0.4 is 4.90 Å². The molecule has 1 aliphatic heterocycles. The summed E-state index contributed by atoms with van der Waals surface area (Å²) in [5, 5.41) is 9.17. The van der Waals surface area contributed by atoms with Crippen LogP contribution in [0.15, 0.2) is 18.3 Å². The van der Waals surface area contributed by atoms with Crippen LogP contribution in [0.25, 0.3) is 0 Å². The van der Waals surface area contributed by atoms with Crippen molar-refractivity contribution in [3.05, 3.63) is 24.0 Å². The summed E-state index contributed by atoms with van der Waals surface area (Å²) < 4.78 is 5.86. The summed E-state index contributed by atoms with van der Waals surface area (Å²) in [6.45, 7) is 7.16. The van der Waals surface area contributed by atoms with Crippen molar-refractivity contribution in [2.24, 2.45) is 5.92 Å². The van der Waals surface area contributed by atoms with E-state index < -0.39 is 0 Å². The van der Waals surface area contributed by atoms with E-state index in [0.29, 0.717) is 6.10 Å². The monoisotopic (exact) mass is 278 g/mol. The number of aliphatic hydroxyl groups excluding tert-OH is 1.